The van der Waals surface area contributed by atoms with Crippen molar-refractivity contribution in [2.24, 2.45) is 0 Å². The molecule has 2 heterocycles. The number of rotatable bonds is 1. The third-order valence-electron chi connectivity index (χ3n) is 2.23. The van der Waals surface area contributed by atoms with E-state index in [9.17, 15) is 0 Å². The molecule has 0 bridgehead atoms. The lowest BCUT2D eigenvalue weighted by atomic mass is 10.3. The first-order valence-electron chi connectivity index (χ1n) is 4.23. The van der Waals surface area contributed by atoms with E-state index in [1.165, 1.54) is 16.8 Å². The van der Waals surface area contributed by atoms with Crippen molar-refractivity contribution in [1.82, 2.24) is 9.38 Å². The van der Waals surface area contributed by atoms with E-state index in [1.54, 1.807) is 0 Å². The van der Waals surface area contributed by atoms with Gasteiger partial charge in [-0.25, -0.2) is 0 Å². The Hall–Kier alpha value is -1.31. The maximum absolute atomic E-state index is 4.20. The van der Waals surface area contributed by atoms with E-state index in [2.05, 4.69) is 35.5 Å². The number of hydrogen-bond acceptors (Lipinski definition) is 1. The number of hydrogen-bond donors (Lipinski definition) is 0. The van der Waals surface area contributed by atoms with Crippen molar-refractivity contribution in [2.45, 2.75) is 20.3 Å². The van der Waals surface area contributed by atoms with Gasteiger partial charge < -0.3 is 4.40 Å². The second-order valence-corrected chi connectivity index (χ2v) is 3.01. The van der Waals surface area contributed by atoms with E-state index in [-0.39, 0.29) is 0 Å². The quantitative estimate of drug-likeness (QED) is 0.625. The average molecular weight is 160 g/mol. The molecule has 0 N–H and O–H groups in total. The van der Waals surface area contributed by atoms with E-state index in [0.29, 0.717) is 0 Å². The Balaban J connectivity index is 2.81. The molecule has 2 heteroatoms. The minimum Gasteiger partial charge on any atom is -0.318 e. The smallest absolute Gasteiger partial charge is 0.0666 e. The van der Waals surface area contributed by atoms with Gasteiger partial charge in [0.15, 0.2) is 0 Å². The average Bonchev–Trinajstić information content (AvgIpc) is 2.48. The van der Waals surface area contributed by atoms with Gasteiger partial charge in [0, 0.05) is 18.1 Å². The van der Waals surface area contributed by atoms with Gasteiger partial charge in [-0.2, -0.15) is 0 Å². The summed E-state index contributed by atoms with van der Waals surface area (Å²) in [5, 5.41) is 0. The van der Waals surface area contributed by atoms with E-state index in [4.69, 9.17) is 0 Å². The molecule has 0 atom stereocenters. The number of fused-ring (bicyclic) bond motifs is 1. The van der Waals surface area contributed by atoms with Gasteiger partial charge >= 0.3 is 0 Å². The van der Waals surface area contributed by atoms with Crippen molar-refractivity contribution < 1.29 is 0 Å². The van der Waals surface area contributed by atoms with Crippen LogP contribution in [0.2, 0.25) is 0 Å². The predicted molar refractivity (Wildman–Crippen MR) is 49.3 cm³/mol. The summed E-state index contributed by atoms with van der Waals surface area (Å²) in [4.78, 5) is 4.20. The lowest BCUT2D eigenvalue weighted by Gasteiger charge is -2.01. The van der Waals surface area contributed by atoms with Crippen molar-refractivity contribution >= 4 is 5.52 Å². The zero-order chi connectivity index (χ0) is 8.55. The Morgan fingerprint density at radius 2 is 2.25 bits per heavy atom. The lowest BCUT2D eigenvalue weighted by molar-refractivity contribution is 0.956. The summed E-state index contributed by atoms with van der Waals surface area (Å²) in [5.41, 5.74) is 3.77. The lowest BCUT2D eigenvalue weighted by Crippen LogP contribution is -1.94. The van der Waals surface area contributed by atoms with E-state index in [1.807, 2.05) is 12.4 Å². The predicted octanol–water partition coefficient (Wildman–Crippen LogP) is 2.21. The minimum atomic E-state index is 1.03. The third-order valence-corrected chi connectivity index (χ3v) is 2.23. The summed E-state index contributed by atoms with van der Waals surface area (Å²) >= 11 is 0. The second kappa shape index (κ2) is 2.63. The van der Waals surface area contributed by atoms with Crippen LogP contribution in [0, 0.1) is 6.92 Å². The SMILES string of the molecule is CCc1cncc2c(C)ccn12. The molecule has 0 aliphatic rings. The van der Waals surface area contributed by atoms with Crippen molar-refractivity contribution in [3.05, 3.63) is 35.9 Å². The van der Waals surface area contributed by atoms with Gasteiger partial charge in [-0.05, 0) is 25.0 Å². The third kappa shape index (κ3) is 0.916. The molecule has 0 radical (unpaired) electrons. The van der Waals surface area contributed by atoms with Crippen molar-refractivity contribution in [1.29, 1.82) is 0 Å². The summed E-state index contributed by atoms with van der Waals surface area (Å²) in [5.74, 6) is 0. The highest BCUT2D eigenvalue weighted by molar-refractivity contribution is 5.53. The molecule has 2 aromatic rings. The maximum Gasteiger partial charge on any atom is 0.0666 e. The molecule has 0 spiro atoms. The van der Waals surface area contributed by atoms with Crippen molar-refractivity contribution in [3.63, 3.8) is 0 Å². The number of aromatic nitrogens is 2. The van der Waals surface area contributed by atoms with Crippen LogP contribution in [0.1, 0.15) is 18.2 Å². The van der Waals surface area contributed by atoms with Crippen LogP contribution in [0.15, 0.2) is 24.7 Å². The van der Waals surface area contributed by atoms with Crippen LogP contribution in [0.25, 0.3) is 5.52 Å². The molecule has 2 rings (SSSR count). The molecule has 0 unspecified atom stereocenters. The van der Waals surface area contributed by atoms with Crippen LogP contribution in [0.5, 0.6) is 0 Å². The van der Waals surface area contributed by atoms with Gasteiger partial charge in [-0.1, -0.05) is 6.92 Å². The molecule has 0 amide bonds. The Kier molecular flexibility index (Phi) is 1.61. The highest BCUT2D eigenvalue weighted by Gasteiger charge is 2.00. The van der Waals surface area contributed by atoms with Gasteiger partial charge in [0.2, 0.25) is 0 Å². The standard InChI is InChI=1S/C10H12N2/c1-3-9-6-11-7-10-8(2)4-5-12(9)10/h4-7H,3H2,1-2H3. The summed E-state index contributed by atoms with van der Waals surface area (Å²) < 4.78 is 2.20. The van der Waals surface area contributed by atoms with Crippen LogP contribution in [-0.2, 0) is 6.42 Å². The zero-order valence-corrected chi connectivity index (χ0v) is 7.41. The molecule has 0 aliphatic carbocycles. The normalized spacial score (nSPS) is 10.8. The topological polar surface area (TPSA) is 17.3 Å². The molecule has 12 heavy (non-hydrogen) atoms. The molecule has 2 nitrogen and oxygen atoms in total. The van der Waals surface area contributed by atoms with E-state index in [0.717, 1.165) is 6.42 Å². The highest BCUT2D eigenvalue weighted by Crippen LogP contribution is 2.12. The molecule has 0 aromatic carbocycles. The summed E-state index contributed by atoms with van der Waals surface area (Å²) in [7, 11) is 0. The zero-order valence-electron chi connectivity index (χ0n) is 7.41. The summed E-state index contributed by atoms with van der Waals surface area (Å²) in [6.45, 7) is 4.25. The molecular weight excluding hydrogens is 148 g/mol. The maximum atomic E-state index is 4.20. The largest absolute Gasteiger partial charge is 0.318 e. The first-order chi connectivity index (χ1) is 5.83. The minimum absolute atomic E-state index is 1.03. The molecular formula is C10H12N2. The van der Waals surface area contributed by atoms with Gasteiger partial charge in [-0.15, -0.1) is 0 Å². The first-order valence-corrected chi connectivity index (χ1v) is 4.23. The van der Waals surface area contributed by atoms with Gasteiger partial charge in [-0.3, -0.25) is 4.98 Å². The Bertz CT molecular complexity index is 401. The van der Waals surface area contributed by atoms with Crippen LogP contribution in [0.4, 0.5) is 0 Å². The summed E-state index contributed by atoms with van der Waals surface area (Å²) in [6, 6.07) is 2.12. The fourth-order valence-electron chi connectivity index (χ4n) is 1.47. The number of aryl methyl sites for hydroxylation is 2. The van der Waals surface area contributed by atoms with Crippen LogP contribution >= 0.6 is 0 Å². The monoisotopic (exact) mass is 160 g/mol. The van der Waals surface area contributed by atoms with E-state index < -0.39 is 0 Å². The molecule has 62 valence electrons. The fraction of sp³-hybridized carbons (Fsp3) is 0.300. The first kappa shape index (κ1) is 7.35. The number of nitrogens with zero attached hydrogens (tertiary/aromatic N) is 2. The Morgan fingerprint density at radius 3 is 3.00 bits per heavy atom. The Labute approximate surface area is 71.9 Å². The molecule has 0 fully saturated rings. The van der Waals surface area contributed by atoms with Gasteiger partial charge in [0.05, 0.1) is 11.7 Å². The summed E-state index contributed by atoms with van der Waals surface area (Å²) in [6.07, 6.45) is 6.96. The fourth-order valence-corrected chi connectivity index (χ4v) is 1.47. The molecule has 2 aromatic heterocycles. The highest BCUT2D eigenvalue weighted by atomic mass is 14.9. The van der Waals surface area contributed by atoms with Gasteiger partial charge in [0.25, 0.3) is 0 Å². The van der Waals surface area contributed by atoms with Crippen molar-refractivity contribution in [3.8, 4) is 0 Å². The van der Waals surface area contributed by atoms with Crippen LogP contribution in [-0.4, -0.2) is 9.38 Å². The second-order valence-electron chi connectivity index (χ2n) is 3.01. The van der Waals surface area contributed by atoms with Crippen LogP contribution in [0.3, 0.4) is 0 Å². The van der Waals surface area contributed by atoms with Crippen LogP contribution < -0.4 is 0 Å². The van der Waals surface area contributed by atoms with E-state index >= 15 is 0 Å². The Morgan fingerprint density at radius 1 is 1.42 bits per heavy atom. The molecule has 0 aliphatic heterocycles. The van der Waals surface area contributed by atoms with Crippen molar-refractivity contribution in [2.75, 3.05) is 0 Å². The molecule has 0 saturated carbocycles. The molecule has 0 saturated heterocycles. The van der Waals surface area contributed by atoms with Gasteiger partial charge in [0.1, 0.15) is 0 Å².